The van der Waals surface area contributed by atoms with Crippen molar-refractivity contribution < 1.29 is 23.8 Å². The van der Waals surface area contributed by atoms with Gasteiger partial charge in [-0.3, -0.25) is 9.59 Å². The lowest BCUT2D eigenvalue weighted by Crippen LogP contribution is -2.43. The van der Waals surface area contributed by atoms with E-state index in [2.05, 4.69) is 20.7 Å². The molecular weight excluding hydrogens is 508 g/mol. The van der Waals surface area contributed by atoms with Crippen molar-refractivity contribution >= 4 is 29.8 Å². The SMILES string of the molecule is CCOc1cc(/C=N\NC(=O)c2ccc(CSc3nncn3C)cc2)ccc1OCC(=O)N1CCOCC1. The first-order valence-electron chi connectivity index (χ1n) is 12.2. The Morgan fingerprint density at radius 1 is 1.13 bits per heavy atom. The largest absolute Gasteiger partial charge is 0.490 e. The molecule has 2 amide bonds. The average Bonchev–Trinajstić information content (AvgIpc) is 3.36. The molecule has 0 bridgehead atoms. The summed E-state index contributed by atoms with van der Waals surface area (Å²) < 4.78 is 18.6. The van der Waals surface area contributed by atoms with Gasteiger partial charge in [0.1, 0.15) is 6.33 Å². The summed E-state index contributed by atoms with van der Waals surface area (Å²) in [5.74, 6) is 1.26. The number of rotatable bonds is 11. The third-order valence-electron chi connectivity index (χ3n) is 5.62. The Balaban J connectivity index is 1.29. The summed E-state index contributed by atoms with van der Waals surface area (Å²) in [5.41, 5.74) is 4.81. The van der Waals surface area contributed by atoms with Crippen LogP contribution in [0.25, 0.3) is 0 Å². The molecule has 1 aliphatic heterocycles. The minimum absolute atomic E-state index is 0.0821. The molecule has 0 saturated carbocycles. The molecule has 0 spiro atoms. The molecular formula is C26H30N6O5S. The quantitative estimate of drug-likeness (QED) is 0.225. The van der Waals surface area contributed by atoms with Gasteiger partial charge in [0, 0.05) is 31.5 Å². The highest BCUT2D eigenvalue weighted by Gasteiger charge is 2.18. The molecule has 1 fully saturated rings. The van der Waals surface area contributed by atoms with E-state index in [4.69, 9.17) is 14.2 Å². The molecule has 0 unspecified atom stereocenters. The molecule has 12 heteroatoms. The van der Waals surface area contributed by atoms with Crippen molar-refractivity contribution in [2.45, 2.75) is 17.8 Å². The highest BCUT2D eigenvalue weighted by atomic mass is 32.2. The van der Waals surface area contributed by atoms with Crippen LogP contribution < -0.4 is 14.9 Å². The molecule has 2 aromatic carbocycles. The van der Waals surface area contributed by atoms with Gasteiger partial charge < -0.3 is 23.7 Å². The van der Waals surface area contributed by atoms with Crippen LogP contribution in [-0.4, -0.2) is 77.2 Å². The Labute approximate surface area is 225 Å². The maximum Gasteiger partial charge on any atom is 0.271 e. The molecule has 38 heavy (non-hydrogen) atoms. The number of carbonyl (C=O) groups is 2. The molecule has 1 saturated heterocycles. The van der Waals surface area contributed by atoms with Crippen LogP contribution in [0.5, 0.6) is 11.5 Å². The fourth-order valence-electron chi connectivity index (χ4n) is 3.57. The van der Waals surface area contributed by atoms with Crippen LogP contribution in [0.3, 0.4) is 0 Å². The zero-order chi connectivity index (χ0) is 26.7. The summed E-state index contributed by atoms with van der Waals surface area (Å²) in [6.07, 6.45) is 3.18. The molecule has 4 rings (SSSR count). The second-order valence-corrected chi connectivity index (χ2v) is 9.27. The second kappa shape index (κ2) is 13.6. The number of aromatic nitrogens is 3. The normalized spacial score (nSPS) is 13.5. The number of amides is 2. The zero-order valence-corrected chi connectivity index (χ0v) is 22.1. The lowest BCUT2D eigenvalue weighted by molar-refractivity contribution is -0.137. The first kappa shape index (κ1) is 27.1. The van der Waals surface area contributed by atoms with Crippen molar-refractivity contribution in [3.8, 4) is 11.5 Å². The van der Waals surface area contributed by atoms with E-state index in [1.807, 2.05) is 30.7 Å². The molecule has 0 radical (unpaired) electrons. The summed E-state index contributed by atoms with van der Waals surface area (Å²) in [6.45, 7) is 4.41. The van der Waals surface area contributed by atoms with E-state index >= 15 is 0 Å². The number of nitrogens with zero attached hydrogens (tertiary/aromatic N) is 5. The fraction of sp³-hybridized carbons (Fsp3) is 0.346. The van der Waals surface area contributed by atoms with Crippen molar-refractivity contribution in [2.75, 3.05) is 39.5 Å². The second-order valence-electron chi connectivity index (χ2n) is 8.33. The summed E-state index contributed by atoms with van der Waals surface area (Å²) in [5, 5.41) is 12.8. The van der Waals surface area contributed by atoms with Crippen LogP contribution in [0.1, 0.15) is 28.4 Å². The summed E-state index contributed by atoms with van der Waals surface area (Å²) in [7, 11) is 1.89. The number of ether oxygens (including phenoxy) is 3. The molecule has 0 atom stereocenters. The standard InChI is InChI=1S/C26H30N6O5S/c1-3-36-23-14-20(6-9-22(23)37-16-24(33)32-10-12-35-13-11-32)15-27-29-25(34)21-7-4-19(5-8-21)17-38-26-30-28-18-31(26)2/h4-9,14-15,18H,3,10-13,16-17H2,1-2H3,(H,29,34)/b27-15-. The van der Waals surface area contributed by atoms with Crippen LogP contribution in [-0.2, 0) is 22.3 Å². The smallest absolute Gasteiger partial charge is 0.271 e. The lowest BCUT2D eigenvalue weighted by atomic mass is 10.1. The number of aryl methyl sites for hydroxylation is 1. The van der Waals surface area contributed by atoms with Gasteiger partial charge in [-0.1, -0.05) is 23.9 Å². The molecule has 200 valence electrons. The van der Waals surface area contributed by atoms with Crippen molar-refractivity contribution in [1.82, 2.24) is 25.1 Å². The Hall–Kier alpha value is -3.90. The van der Waals surface area contributed by atoms with Gasteiger partial charge in [-0.25, -0.2) is 5.43 Å². The van der Waals surface area contributed by atoms with Crippen molar-refractivity contribution in [3.05, 3.63) is 65.5 Å². The zero-order valence-electron chi connectivity index (χ0n) is 21.3. The van der Waals surface area contributed by atoms with Crippen LogP contribution in [0, 0.1) is 0 Å². The van der Waals surface area contributed by atoms with Crippen LogP contribution >= 0.6 is 11.8 Å². The van der Waals surface area contributed by atoms with Crippen molar-refractivity contribution in [3.63, 3.8) is 0 Å². The van der Waals surface area contributed by atoms with Gasteiger partial charge in [-0.15, -0.1) is 10.2 Å². The Bertz CT molecular complexity index is 1260. The van der Waals surface area contributed by atoms with Gasteiger partial charge >= 0.3 is 0 Å². The van der Waals surface area contributed by atoms with Crippen LogP contribution in [0.4, 0.5) is 0 Å². The van der Waals surface area contributed by atoms with E-state index < -0.39 is 0 Å². The lowest BCUT2D eigenvalue weighted by Gasteiger charge is -2.26. The van der Waals surface area contributed by atoms with Crippen LogP contribution in [0.2, 0.25) is 0 Å². The van der Waals surface area contributed by atoms with Gasteiger partial charge in [-0.2, -0.15) is 5.10 Å². The first-order valence-corrected chi connectivity index (χ1v) is 13.2. The minimum Gasteiger partial charge on any atom is -0.490 e. The third-order valence-corrected chi connectivity index (χ3v) is 6.72. The molecule has 3 aromatic rings. The number of carbonyl (C=O) groups excluding carboxylic acids is 2. The average molecular weight is 539 g/mol. The van der Waals surface area contributed by atoms with Gasteiger partial charge in [-0.05, 0) is 48.4 Å². The van der Waals surface area contributed by atoms with E-state index in [0.717, 1.165) is 16.5 Å². The van der Waals surface area contributed by atoms with E-state index in [9.17, 15) is 9.59 Å². The maximum atomic E-state index is 12.5. The van der Waals surface area contributed by atoms with Gasteiger partial charge in [0.05, 0.1) is 26.0 Å². The summed E-state index contributed by atoms with van der Waals surface area (Å²) in [6, 6.07) is 12.6. The van der Waals surface area contributed by atoms with E-state index in [-0.39, 0.29) is 18.4 Å². The predicted molar refractivity (Wildman–Crippen MR) is 143 cm³/mol. The molecule has 1 aromatic heterocycles. The van der Waals surface area contributed by atoms with E-state index in [1.165, 1.54) is 6.21 Å². The molecule has 1 N–H and O–H groups in total. The predicted octanol–water partition coefficient (Wildman–Crippen LogP) is 2.51. The molecule has 1 aliphatic rings. The highest BCUT2D eigenvalue weighted by molar-refractivity contribution is 7.98. The number of hydrogen-bond acceptors (Lipinski definition) is 9. The van der Waals surface area contributed by atoms with Gasteiger partial charge in [0.2, 0.25) is 0 Å². The van der Waals surface area contributed by atoms with Crippen molar-refractivity contribution in [1.29, 1.82) is 0 Å². The summed E-state index contributed by atoms with van der Waals surface area (Å²) >= 11 is 1.57. The van der Waals surface area contributed by atoms with Crippen LogP contribution in [0.15, 0.2) is 59.0 Å². The van der Waals surface area contributed by atoms with Gasteiger partial charge in [0.25, 0.3) is 11.8 Å². The van der Waals surface area contributed by atoms with Crippen molar-refractivity contribution in [2.24, 2.45) is 12.1 Å². The van der Waals surface area contributed by atoms with Gasteiger partial charge in [0.15, 0.2) is 23.3 Å². The maximum absolute atomic E-state index is 12.5. The summed E-state index contributed by atoms with van der Waals surface area (Å²) in [4.78, 5) is 26.6. The Morgan fingerprint density at radius 2 is 1.92 bits per heavy atom. The third kappa shape index (κ3) is 7.56. The topological polar surface area (TPSA) is 120 Å². The first-order chi connectivity index (χ1) is 18.5. The number of hydrazone groups is 1. The monoisotopic (exact) mass is 538 g/mol. The number of nitrogens with one attached hydrogen (secondary N) is 1. The minimum atomic E-state index is -0.319. The molecule has 11 nitrogen and oxygen atoms in total. The molecule has 2 heterocycles. The number of hydrogen-bond donors (Lipinski definition) is 1. The highest BCUT2D eigenvalue weighted by Crippen LogP contribution is 2.28. The van der Waals surface area contributed by atoms with E-state index in [0.29, 0.717) is 55.5 Å². The fourth-order valence-corrected chi connectivity index (χ4v) is 4.41. The number of benzene rings is 2. The molecule has 0 aliphatic carbocycles. The Kier molecular flexibility index (Phi) is 9.71. The number of morpholine rings is 1. The Morgan fingerprint density at radius 3 is 2.63 bits per heavy atom. The number of thioether (sulfide) groups is 1. The van der Waals surface area contributed by atoms with E-state index in [1.54, 1.807) is 53.3 Å².